The fraction of sp³-hybridized carbons (Fsp3) is 0.200. The molecule has 0 radical (unpaired) electrons. The molecular weight excluding hydrogens is 478 g/mol. The van der Waals surface area contributed by atoms with Gasteiger partial charge >= 0.3 is 0 Å². The van der Waals surface area contributed by atoms with Crippen LogP contribution in [0.3, 0.4) is 0 Å². The van der Waals surface area contributed by atoms with Gasteiger partial charge in [-0.1, -0.05) is 11.6 Å². The number of Topliss-reactive ketones (excluding diaryl/α,β-unsaturated/α-hetero) is 1. The zero-order valence-corrected chi connectivity index (χ0v) is 20.5. The number of carbonyl (C=O) groups excluding carboxylic acids is 2. The van der Waals surface area contributed by atoms with E-state index in [1.165, 1.54) is 43.6 Å². The summed E-state index contributed by atoms with van der Waals surface area (Å²) >= 11 is 7.55. The molecular formula is C25H22ClNO6S. The van der Waals surface area contributed by atoms with Crippen LogP contribution >= 0.6 is 22.9 Å². The molecule has 1 fully saturated rings. The van der Waals surface area contributed by atoms with E-state index in [9.17, 15) is 14.7 Å². The maximum absolute atomic E-state index is 13.4. The zero-order valence-electron chi connectivity index (χ0n) is 18.9. The Morgan fingerprint density at radius 2 is 1.65 bits per heavy atom. The molecule has 1 N–H and O–H groups in total. The minimum atomic E-state index is -0.859. The number of rotatable bonds is 6. The zero-order chi connectivity index (χ0) is 24.6. The minimum Gasteiger partial charge on any atom is -0.507 e. The van der Waals surface area contributed by atoms with E-state index in [2.05, 4.69) is 0 Å². The lowest BCUT2D eigenvalue weighted by atomic mass is 9.97. The molecule has 1 amide bonds. The van der Waals surface area contributed by atoms with Gasteiger partial charge in [0, 0.05) is 21.7 Å². The Hall–Kier alpha value is -3.49. The maximum atomic E-state index is 13.4. The molecule has 4 rings (SSSR count). The molecule has 0 bridgehead atoms. The Bertz CT molecular complexity index is 1310. The molecule has 1 saturated heterocycles. The predicted molar refractivity (Wildman–Crippen MR) is 131 cm³/mol. The molecule has 1 aromatic heterocycles. The van der Waals surface area contributed by atoms with Gasteiger partial charge in [-0.15, -0.1) is 11.3 Å². The highest BCUT2D eigenvalue weighted by molar-refractivity contribution is 7.10. The lowest BCUT2D eigenvalue weighted by Crippen LogP contribution is -2.29. The molecule has 1 aliphatic heterocycles. The molecule has 9 heteroatoms. The fourth-order valence-electron chi connectivity index (χ4n) is 4.00. The first-order valence-electron chi connectivity index (χ1n) is 10.2. The molecule has 34 heavy (non-hydrogen) atoms. The van der Waals surface area contributed by atoms with Gasteiger partial charge in [0.25, 0.3) is 11.7 Å². The van der Waals surface area contributed by atoms with Crippen LogP contribution in [0.2, 0.25) is 5.02 Å². The van der Waals surface area contributed by atoms with Crippen LogP contribution in [0.5, 0.6) is 17.2 Å². The first-order valence-corrected chi connectivity index (χ1v) is 11.5. The summed E-state index contributed by atoms with van der Waals surface area (Å²) in [5, 5.41) is 13.6. The van der Waals surface area contributed by atoms with Gasteiger partial charge in [0.05, 0.1) is 32.5 Å². The number of carbonyl (C=O) groups is 2. The molecule has 7 nitrogen and oxygen atoms in total. The highest BCUT2D eigenvalue weighted by Gasteiger charge is 2.48. The van der Waals surface area contributed by atoms with Crippen molar-refractivity contribution in [3.05, 3.63) is 74.4 Å². The van der Waals surface area contributed by atoms with Crippen molar-refractivity contribution in [2.75, 3.05) is 26.2 Å². The van der Waals surface area contributed by atoms with Crippen LogP contribution in [0, 0.1) is 6.92 Å². The van der Waals surface area contributed by atoms with E-state index in [0.717, 1.165) is 10.4 Å². The highest BCUT2D eigenvalue weighted by atomic mass is 35.5. The average molecular weight is 500 g/mol. The standard InChI is InChI=1S/C25H22ClNO6S/c1-13-9-10-34-24(13)21-20(22(28)16-11-14(26)5-7-17(16)31-2)23(29)25(30)27(21)15-6-8-18(32-3)19(12-15)33-4/h5-12,21,28H,1-4H3/b22-20-. The highest BCUT2D eigenvalue weighted by Crippen LogP contribution is 2.47. The SMILES string of the molecule is COc1ccc(N2C(=O)C(=O)/C(=C(\O)c3cc(Cl)ccc3OC)C2c2sccc2C)cc1OC. The van der Waals surface area contributed by atoms with Crippen molar-refractivity contribution in [1.82, 2.24) is 0 Å². The van der Waals surface area contributed by atoms with Crippen molar-refractivity contribution in [3.63, 3.8) is 0 Å². The third kappa shape index (κ3) is 3.89. The average Bonchev–Trinajstić information content (AvgIpc) is 3.38. The quantitative estimate of drug-likeness (QED) is 0.279. The van der Waals surface area contributed by atoms with E-state index >= 15 is 0 Å². The van der Waals surface area contributed by atoms with Gasteiger partial charge in [-0.2, -0.15) is 0 Å². The van der Waals surface area contributed by atoms with E-state index in [-0.39, 0.29) is 16.9 Å². The van der Waals surface area contributed by atoms with Gasteiger partial charge in [-0.25, -0.2) is 0 Å². The third-order valence-corrected chi connectivity index (χ3v) is 6.96. The number of hydrogen-bond donors (Lipinski definition) is 1. The second-order valence-corrected chi connectivity index (χ2v) is 8.90. The molecule has 2 heterocycles. The Balaban J connectivity index is 1.98. The molecule has 2 aromatic carbocycles. The second-order valence-electron chi connectivity index (χ2n) is 7.52. The number of halogens is 1. The molecule has 176 valence electrons. The lowest BCUT2D eigenvalue weighted by Gasteiger charge is -2.25. The summed E-state index contributed by atoms with van der Waals surface area (Å²) in [6, 6.07) is 10.7. The smallest absolute Gasteiger partial charge is 0.300 e. The van der Waals surface area contributed by atoms with E-state index in [0.29, 0.717) is 28.0 Å². The number of nitrogens with zero attached hydrogens (tertiary/aromatic N) is 1. The van der Waals surface area contributed by atoms with Gasteiger partial charge in [0.2, 0.25) is 0 Å². The minimum absolute atomic E-state index is 0.0501. The van der Waals surface area contributed by atoms with Crippen molar-refractivity contribution in [2.24, 2.45) is 0 Å². The number of hydrogen-bond acceptors (Lipinski definition) is 7. The summed E-state index contributed by atoms with van der Waals surface area (Å²) in [5.74, 6) is -0.741. The van der Waals surface area contributed by atoms with Crippen LogP contribution in [-0.2, 0) is 9.59 Å². The van der Waals surface area contributed by atoms with Crippen LogP contribution in [0.1, 0.15) is 22.0 Å². The van der Waals surface area contributed by atoms with Gasteiger partial charge < -0.3 is 19.3 Å². The van der Waals surface area contributed by atoms with E-state index in [1.807, 2.05) is 18.4 Å². The number of amides is 1. The number of anilines is 1. The topological polar surface area (TPSA) is 85.3 Å². The van der Waals surface area contributed by atoms with E-state index in [4.69, 9.17) is 25.8 Å². The first-order chi connectivity index (χ1) is 16.3. The molecule has 0 spiro atoms. The van der Waals surface area contributed by atoms with E-state index in [1.54, 1.807) is 30.3 Å². The van der Waals surface area contributed by atoms with Crippen molar-refractivity contribution in [3.8, 4) is 17.2 Å². The summed E-state index contributed by atoms with van der Waals surface area (Å²) in [5.41, 5.74) is 1.48. The lowest BCUT2D eigenvalue weighted by molar-refractivity contribution is -0.132. The fourth-order valence-corrected chi connectivity index (χ4v) is 5.19. The summed E-state index contributed by atoms with van der Waals surface area (Å²) < 4.78 is 16.1. The van der Waals surface area contributed by atoms with Gasteiger partial charge in [0.1, 0.15) is 17.6 Å². The number of aliphatic hydroxyl groups excluding tert-OH is 1. The summed E-state index contributed by atoms with van der Waals surface area (Å²) in [4.78, 5) is 28.8. The number of methoxy groups -OCH3 is 3. The van der Waals surface area contributed by atoms with Crippen molar-refractivity contribution in [2.45, 2.75) is 13.0 Å². The maximum Gasteiger partial charge on any atom is 0.300 e. The Morgan fingerprint density at radius 1 is 0.971 bits per heavy atom. The van der Waals surface area contributed by atoms with Crippen molar-refractivity contribution >= 4 is 46.1 Å². The normalized spacial score (nSPS) is 17.2. The largest absolute Gasteiger partial charge is 0.507 e. The second kappa shape index (κ2) is 9.40. The van der Waals surface area contributed by atoms with Crippen LogP contribution < -0.4 is 19.1 Å². The summed E-state index contributed by atoms with van der Waals surface area (Å²) in [6.45, 7) is 1.89. The van der Waals surface area contributed by atoms with Crippen LogP contribution in [0.15, 0.2) is 53.4 Å². The number of aryl methyl sites for hydroxylation is 1. The van der Waals surface area contributed by atoms with E-state index < -0.39 is 17.7 Å². The summed E-state index contributed by atoms with van der Waals surface area (Å²) in [6.07, 6.45) is 0. The van der Waals surface area contributed by atoms with Crippen LogP contribution in [-0.4, -0.2) is 38.1 Å². The molecule has 0 saturated carbocycles. The van der Waals surface area contributed by atoms with Gasteiger partial charge in [-0.3, -0.25) is 14.5 Å². The third-order valence-electron chi connectivity index (χ3n) is 5.66. The number of ether oxygens (including phenoxy) is 3. The first kappa shape index (κ1) is 23.7. The van der Waals surface area contributed by atoms with Crippen LogP contribution in [0.4, 0.5) is 5.69 Å². The Kier molecular flexibility index (Phi) is 6.54. The predicted octanol–water partition coefficient (Wildman–Crippen LogP) is 5.36. The molecule has 1 atom stereocenters. The molecule has 1 aliphatic rings. The van der Waals surface area contributed by atoms with Crippen LogP contribution in [0.25, 0.3) is 5.76 Å². The molecule has 0 aliphatic carbocycles. The number of aliphatic hydroxyl groups is 1. The Morgan fingerprint density at radius 3 is 2.26 bits per heavy atom. The van der Waals surface area contributed by atoms with Crippen molar-refractivity contribution < 1.29 is 28.9 Å². The number of thiophene rings is 1. The van der Waals surface area contributed by atoms with Crippen molar-refractivity contribution in [1.29, 1.82) is 0 Å². The molecule has 1 unspecified atom stereocenters. The number of benzene rings is 2. The number of ketones is 1. The van der Waals surface area contributed by atoms with Gasteiger partial charge in [0.15, 0.2) is 11.5 Å². The Labute approximate surface area is 205 Å². The van der Waals surface area contributed by atoms with Gasteiger partial charge in [-0.05, 0) is 54.3 Å². The summed E-state index contributed by atoms with van der Waals surface area (Å²) in [7, 11) is 4.45. The molecule has 3 aromatic rings. The monoisotopic (exact) mass is 499 g/mol.